The third-order valence-electron chi connectivity index (χ3n) is 5.84. The van der Waals surface area contributed by atoms with Gasteiger partial charge in [-0.15, -0.1) is 0 Å². The van der Waals surface area contributed by atoms with Crippen LogP contribution in [0, 0.1) is 5.41 Å². The molecule has 0 aromatic heterocycles. The maximum absolute atomic E-state index is 12.8. The van der Waals surface area contributed by atoms with Crippen molar-refractivity contribution in [1.82, 2.24) is 20.9 Å². The molecular weight excluding hydrogens is 362 g/mol. The summed E-state index contributed by atoms with van der Waals surface area (Å²) in [4.78, 5) is 18.8. The summed E-state index contributed by atoms with van der Waals surface area (Å²) < 4.78 is 0. The zero-order valence-corrected chi connectivity index (χ0v) is 19.0. The molecule has 0 bridgehead atoms. The standard InChI is InChI=1S/C23H39N5O/c1-18(19-12-8-7-9-13-19)27-22(2,3)16-25-21(24-4)26-17-23(14-10-11-15-23)20(29)28(5)6/h7-9,12-13,18,27H,10-11,14-17H2,1-6H3,(H2,24,25,26). The van der Waals surface area contributed by atoms with Gasteiger partial charge in [0.15, 0.2) is 5.96 Å². The van der Waals surface area contributed by atoms with Gasteiger partial charge < -0.3 is 20.9 Å². The summed E-state index contributed by atoms with van der Waals surface area (Å²) in [6, 6.07) is 10.7. The summed E-state index contributed by atoms with van der Waals surface area (Å²) >= 11 is 0. The number of carbonyl (C=O) groups is 1. The van der Waals surface area contributed by atoms with Gasteiger partial charge in [0.2, 0.25) is 5.91 Å². The Hall–Kier alpha value is -2.08. The van der Waals surface area contributed by atoms with Crippen LogP contribution in [0.1, 0.15) is 58.1 Å². The van der Waals surface area contributed by atoms with E-state index in [1.165, 1.54) is 5.56 Å². The highest BCUT2D eigenvalue weighted by atomic mass is 16.2. The Kier molecular flexibility index (Phi) is 8.08. The molecule has 2 rings (SSSR count). The van der Waals surface area contributed by atoms with Gasteiger partial charge in [0.1, 0.15) is 0 Å². The summed E-state index contributed by atoms with van der Waals surface area (Å²) in [6.07, 6.45) is 4.11. The predicted molar refractivity (Wildman–Crippen MR) is 121 cm³/mol. The fourth-order valence-electron chi connectivity index (χ4n) is 4.23. The van der Waals surface area contributed by atoms with Crippen LogP contribution in [0.3, 0.4) is 0 Å². The molecule has 0 aliphatic heterocycles. The van der Waals surface area contributed by atoms with Gasteiger partial charge in [-0.1, -0.05) is 43.2 Å². The number of hydrogen-bond acceptors (Lipinski definition) is 3. The van der Waals surface area contributed by atoms with Gasteiger partial charge >= 0.3 is 0 Å². The highest BCUT2D eigenvalue weighted by Gasteiger charge is 2.42. The van der Waals surface area contributed by atoms with Crippen LogP contribution in [-0.4, -0.2) is 56.5 Å². The van der Waals surface area contributed by atoms with Crippen molar-refractivity contribution < 1.29 is 4.79 Å². The molecule has 29 heavy (non-hydrogen) atoms. The van der Waals surface area contributed by atoms with Gasteiger partial charge in [-0.3, -0.25) is 9.79 Å². The van der Waals surface area contributed by atoms with Crippen molar-refractivity contribution in [3.05, 3.63) is 35.9 Å². The third-order valence-corrected chi connectivity index (χ3v) is 5.84. The molecule has 1 saturated carbocycles. The van der Waals surface area contributed by atoms with E-state index in [1.807, 2.05) is 20.2 Å². The Labute approximate surface area is 176 Å². The van der Waals surface area contributed by atoms with Crippen molar-refractivity contribution in [2.45, 2.75) is 58.0 Å². The van der Waals surface area contributed by atoms with Crippen molar-refractivity contribution in [2.75, 3.05) is 34.2 Å². The maximum Gasteiger partial charge on any atom is 0.230 e. The highest BCUT2D eigenvalue weighted by Crippen LogP contribution is 2.38. The lowest BCUT2D eigenvalue weighted by Gasteiger charge is -2.33. The van der Waals surface area contributed by atoms with E-state index >= 15 is 0 Å². The van der Waals surface area contributed by atoms with Crippen LogP contribution in [0.15, 0.2) is 35.3 Å². The van der Waals surface area contributed by atoms with Gasteiger partial charge in [-0.2, -0.15) is 0 Å². The number of guanidine groups is 1. The molecule has 162 valence electrons. The monoisotopic (exact) mass is 401 g/mol. The molecule has 3 N–H and O–H groups in total. The summed E-state index contributed by atoms with van der Waals surface area (Å²) in [5.41, 5.74) is 0.835. The summed E-state index contributed by atoms with van der Waals surface area (Å²) in [5.74, 6) is 0.960. The number of rotatable bonds is 8. The van der Waals surface area contributed by atoms with Crippen molar-refractivity contribution in [3.63, 3.8) is 0 Å². The number of nitrogens with one attached hydrogen (secondary N) is 3. The zero-order chi connectivity index (χ0) is 21.5. The second-order valence-corrected chi connectivity index (χ2v) is 9.13. The van der Waals surface area contributed by atoms with E-state index < -0.39 is 0 Å². The van der Waals surface area contributed by atoms with Gasteiger partial charge in [-0.25, -0.2) is 0 Å². The lowest BCUT2D eigenvalue weighted by Crippen LogP contribution is -2.54. The molecular formula is C23H39N5O. The lowest BCUT2D eigenvalue weighted by atomic mass is 9.84. The van der Waals surface area contributed by atoms with Gasteiger partial charge in [0, 0.05) is 45.8 Å². The van der Waals surface area contributed by atoms with E-state index in [1.54, 1.807) is 11.9 Å². The van der Waals surface area contributed by atoms with Crippen LogP contribution in [0.2, 0.25) is 0 Å². The average Bonchev–Trinajstić information content (AvgIpc) is 3.17. The first kappa shape index (κ1) is 23.2. The summed E-state index contributed by atoms with van der Waals surface area (Å²) in [6.45, 7) is 7.89. The highest BCUT2D eigenvalue weighted by molar-refractivity contribution is 5.85. The SMILES string of the molecule is CN=C(NCC(C)(C)NC(C)c1ccccc1)NCC1(C(=O)N(C)C)CCCC1. The van der Waals surface area contributed by atoms with E-state index in [0.29, 0.717) is 6.54 Å². The minimum absolute atomic E-state index is 0.128. The topological polar surface area (TPSA) is 68.8 Å². The van der Waals surface area contributed by atoms with Crippen molar-refractivity contribution in [1.29, 1.82) is 0 Å². The number of benzene rings is 1. The van der Waals surface area contributed by atoms with Crippen LogP contribution in [0.25, 0.3) is 0 Å². The molecule has 0 spiro atoms. The maximum atomic E-state index is 12.8. The Bertz CT molecular complexity index is 678. The molecule has 6 nitrogen and oxygen atoms in total. The molecule has 0 heterocycles. The first-order chi connectivity index (χ1) is 13.7. The second-order valence-electron chi connectivity index (χ2n) is 9.13. The molecule has 1 unspecified atom stereocenters. The molecule has 1 aromatic carbocycles. The molecule has 1 amide bonds. The van der Waals surface area contributed by atoms with E-state index in [9.17, 15) is 4.79 Å². The summed E-state index contributed by atoms with van der Waals surface area (Å²) in [7, 11) is 5.46. The Morgan fingerprint density at radius 3 is 2.34 bits per heavy atom. The quantitative estimate of drug-likeness (QED) is 0.463. The van der Waals surface area contributed by atoms with Gasteiger partial charge in [-0.05, 0) is 39.2 Å². The number of carbonyl (C=O) groups excluding carboxylic acids is 1. The first-order valence-electron chi connectivity index (χ1n) is 10.7. The van der Waals surface area contributed by atoms with Crippen LogP contribution in [-0.2, 0) is 4.79 Å². The molecule has 1 atom stereocenters. The smallest absolute Gasteiger partial charge is 0.230 e. The predicted octanol–water partition coefficient (Wildman–Crippen LogP) is 2.93. The molecule has 0 saturated heterocycles. The zero-order valence-electron chi connectivity index (χ0n) is 19.0. The fraction of sp³-hybridized carbons (Fsp3) is 0.652. The van der Waals surface area contributed by atoms with E-state index in [2.05, 4.69) is 66.0 Å². The summed E-state index contributed by atoms with van der Waals surface area (Å²) in [5, 5.41) is 10.5. The number of aliphatic imine (C=N–C) groups is 1. The molecule has 1 aliphatic rings. The molecule has 1 aliphatic carbocycles. The van der Waals surface area contributed by atoms with Crippen LogP contribution in [0.4, 0.5) is 0 Å². The van der Waals surface area contributed by atoms with E-state index in [-0.39, 0.29) is 22.9 Å². The second kappa shape index (κ2) is 10.1. The van der Waals surface area contributed by atoms with Crippen molar-refractivity contribution in [3.8, 4) is 0 Å². The molecule has 1 aromatic rings. The Morgan fingerprint density at radius 2 is 1.79 bits per heavy atom. The molecule has 0 radical (unpaired) electrons. The van der Waals surface area contributed by atoms with Crippen molar-refractivity contribution >= 4 is 11.9 Å². The Morgan fingerprint density at radius 1 is 1.17 bits per heavy atom. The number of hydrogen-bond donors (Lipinski definition) is 3. The number of nitrogens with zero attached hydrogens (tertiary/aromatic N) is 2. The lowest BCUT2D eigenvalue weighted by molar-refractivity contribution is -0.138. The van der Waals surface area contributed by atoms with Gasteiger partial charge in [0.25, 0.3) is 0 Å². The third kappa shape index (κ3) is 6.46. The van der Waals surface area contributed by atoms with E-state index in [0.717, 1.165) is 38.2 Å². The van der Waals surface area contributed by atoms with Crippen LogP contribution in [0.5, 0.6) is 0 Å². The van der Waals surface area contributed by atoms with Gasteiger partial charge in [0.05, 0.1) is 5.41 Å². The Balaban J connectivity index is 1.90. The molecule has 6 heteroatoms. The molecule has 1 fully saturated rings. The van der Waals surface area contributed by atoms with E-state index in [4.69, 9.17) is 0 Å². The first-order valence-corrected chi connectivity index (χ1v) is 10.7. The minimum Gasteiger partial charge on any atom is -0.355 e. The van der Waals surface area contributed by atoms with Crippen molar-refractivity contribution in [2.24, 2.45) is 10.4 Å². The van der Waals surface area contributed by atoms with Crippen LogP contribution < -0.4 is 16.0 Å². The normalized spacial score (nSPS) is 17.7. The van der Waals surface area contributed by atoms with Crippen LogP contribution >= 0.6 is 0 Å². The largest absolute Gasteiger partial charge is 0.355 e. The average molecular weight is 402 g/mol. The fourth-order valence-corrected chi connectivity index (χ4v) is 4.23. The minimum atomic E-state index is -0.309. The number of amides is 1.